The maximum atomic E-state index is 5.92. The van der Waals surface area contributed by atoms with Crippen LogP contribution in [0.1, 0.15) is 38.8 Å². The molecular formula is C13H24ClN. The lowest BCUT2D eigenvalue weighted by molar-refractivity contribution is 1.35. The average molecular weight is 230 g/mol. The molecule has 0 aromatic heterocycles. The Morgan fingerprint density at radius 1 is 0.933 bits per heavy atom. The average Bonchev–Trinajstić information content (AvgIpc) is 2.29. The summed E-state index contributed by atoms with van der Waals surface area (Å²) in [6, 6.07) is 4.03. The van der Waals surface area contributed by atoms with E-state index in [1.54, 1.807) is 0 Å². The van der Waals surface area contributed by atoms with Crippen molar-refractivity contribution in [2.24, 2.45) is 0 Å². The number of anilines is 1. The molecule has 0 aliphatic carbocycles. The zero-order valence-electron chi connectivity index (χ0n) is 11.0. The third kappa shape index (κ3) is 5.68. The third-order valence-corrected chi connectivity index (χ3v) is 2.18. The third-order valence-electron chi connectivity index (χ3n) is 1.77. The molecule has 0 unspecified atom stereocenters. The van der Waals surface area contributed by atoms with Gasteiger partial charge in [-0.25, -0.2) is 0 Å². The number of aryl methyl sites for hydroxylation is 2. The molecule has 2 heteroatoms. The number of halogens is 1. The standard InChI is InChI=1S/C9H12ClN.2C2H6/c1-6-4-7(2)9(11-3)5-8(6)10;2*1-2/h4-5,11H,1-3H3;2*1-2H3. The van der Waals surface area contributed by atoms with Crippen LogP contribution in [0.15, 0.2) is 12.1 Å². The van der Waals surface area contributed by atoms with E-state index in [4.69, 9.17) is 11.6 Å². The molecule has 0 heterocycles. The van der Waals surface area contributed by atoms with Crippen molar-refractivity contribution in [3.05, 3.63) is 28.3 Å². The van der Waals surface area contributed by atoms with E-state index in [-0.39, 0.29) is 0 Å². The lowest BCUT2D eigenvalue weighted by atomic mass is 10.1. The summed E-state index contributed by atoms with van der Waals surface area (Å²) >= 11 is 5.92. The van der Waals surface area contributed by atoms with Crippen molar-refractivity contribution in [3.8, 4) is 0 Å². The smallest absolute Gasteiger partial charge is 0.0455 e. The maximum absolute atomic E-state index is 5.92. The molecule has 0 amide bonds. The van der Waals surface area contributed by atoms with Gasteiger partial charge in [0.05, 0.1) is 0 Å². The van der Waals surface area contributed by atoms with Gasteiger partial charge in [-0.05, 0) is 31.0 Å². The van der Waals surface area contributed by atoms with Gasteiger partial charge in [0.1, 0.15) is 0 Å². The van der Waals surface area contributed by atoms with Crippen molar-refractivity contribution < 1.29 is 0 Å². The van der Waals surface area contributed by atoms with Crippen LogP contribution in [-0.2, 0) is 0 Å². The van der Waals surface area contributed by atoms with Crippen LogP contribution in [0.4, 0.5) is 5.69 Å². The highest BCUT2D eigenvalue weighted by Crippen LogP contribution is 2.23. The van der Waals surface area contributed by atoms with Crippen molar-refractivity contribution >= 4 is 17.3 Å². The van der Waals surface area contributed by atoms with E-state index in [0.29, 0.717) is 0 Å². The van der Waals surface area contributed by atoms with Gasteiger partial charge < -0.3 is 5.32 Å². The van der Waals surface area contributed by atoms with E-state index in [9.17, 15) is 0 Å². The molecule has 0 fully saturated rings. The highest BCUT2D eigenvalue weighted by atomic mass is 35.5. The van der Waals surface area contributed by atoms with Crippen LogP contribution < -0.4 is 5.32 Å². The van der Waals surface area contributed by atoms with E-state index in [0.717, 1.165) is 16.3 Å². The van der Waals surface area contributed by atoms with Gasteiger partial charge >= 0.3 is 0 Å². The summed E-state index contributed by atoms with van der Waals surface area (Å²) in [6.45, 7) is 12.1. The van der Waals surface area contributed by atoms with Crippen molar-refractivity contribution in [2.45, 2.75) is 41.5 Å². The van der Waals surface area contributed by atoms with Gasteiger partial charge in [-0.1, -0.05) is 45.4 Å². The Kier molecular flexibility index (Phi) is 11.0. The first-order valence-electron chi connectivity index (χ1n) is 5.59. The molecule has 0 saturated carbocycles. The van der Waals surface area contributed by atoms with E-state index in [1.807, 2.05) is 47.7 Å². The van der Waals surface area contributed by atoms with E-state index in [1.165, 1.54) is 5.56 Å². The maximum Gasteiger partial charge on any atom is 0.0455 e. The van der Waals surface area contributed by atoms with Crippen LogP contribution in [0.25, 0.3) is 0 Å². The zero-order chi connectivity index (χ0) is 12.4. The van der Waals surface area contributed by atoms with Gasteiger partial charge in [0, 0.05) is 17.8 Å². The predicted molar refractivity (Wildman–Crippen MR) is 73.2 cm³/mol. The first-order valence-corrected chi connectivity index (χ1v) is 5.97. The Morgan fingerprint density at radius 2 is 1.40 bits per heavy atom. The SMILES string of the molecule is CC.CC.CNc1cc(Cl)c(C)cc1C. The van der Waals surface area contributed by atoms with Crippen LogP contribution in [0.3, 0.4) is 0 Å². The second-order valence-electron chi connectivity index (χ2n) is 2.67. The topological polar surface area (TPSA) is 12.0 Å². The molecular weight excluding hydrogens is 206 g/mol. The fraction of sp³-hybridized carbons (Fsp3) is 0.538. The summed E-state index contributed by atoms with van der Waals surface area (Å²) in [5.74, 6) is 0. The van der Waals surface area contributed by atoms with Crippen molar-refractivity contribution in [1.82, 2.24) is 0 Å². The fourth-order valence-corrected chi connectivity index (χ4v) is 1.26. The highest BCUT2D eigenvalue weighted by molar-refractivity contribution is 6.31. The number of benzene rings is 1. The molecule has 0 saturated heterocycles. The molecule has 0 atom stereocenters. The number of hydrogen-bond acceptors (Lipinski definition) is 1. The summed E-state index contributed by atoms with van der Waals surface area (Å²) in [5, 5.41) is 3.90. The molecule has 0 aliphatic heterocycles. The van der Waals surface area contributed by atoms with Gasteiger partial charge in [0.25, 0.3) is 0 Å². The highest BCUT2D eigenvalue weighted by Gasteiger charge is 1.99. The minimum Gasteiger partial charge on any atom is -0.388 e. The lowest BCUT2D eigenvalue weighted by Crippen LogP contribution is -1.92. The van der Waals surface area contributed by atoms with Crippen LogP contribution >= 0.6 is 11.6 Å². The number of hydrogen-bond donors (Lipinski definition) is 1. The van der Waals surface area contributed by atoms with Gasteiger partial charge in [-0.15, -0.1) is 0 Å². The molecule has 1 nitrogen and oxygen atoms in total. The Morgan fingerprint density at radius 3 is 1.80 bits per heavy atom. The molecule has 1 rings (SSSR count). The first-order chi connectivity index (χ1) is 7.15. The minimum absolute atomic E-state index is 0.819. The van der Waals surface area contributed by atoms with Crippen LogP contribution in [-0.4, -0.2) is 7.05 Å². The summed E-state index contributed by atoms with van der Waals surface area (Å²) in [4.78, 5) is 0. The predicted octanol–water partition coefficient (Wildman–Crippen LogP) is 5.05. The Bertz CT molecular complexity index is 269. The summed E-state index contributed by atoms with van der Waals surface area (Å²) in [7, 11) is 1.90. The molecule has 1 N–H and O–H groups in total. The number of nitrogens with one attached hydrogen (secondary N) is 1. The molecule has 15 heavy (non-hydrogen) atoms. The first kappa shape index (κ1) is 16.7. The van der Waals surface area contributed by atoms with Gasteiger partial charge in [0.2, 0.25) is 0 Å². The van der Waals surface area contributed by atoms with Crippen molar-refractivity contribution in [1.29, 1.82) is 0 Å². The van der Waals surface area contributed by atoms with Crippen LogP contribution in [0.2, 0.25) is 5.02 Å². The summed E-state index contributed by atoms with van der Waals surface area (Å²) in [5.41, 5.74) is 3.46. The van der Waals surface area contributed by atoms with Crippen LogP contribution in [0.5, 0.6) is 0 Å². The quantitative estimate of drug-likeness (QED) is 0.711. The van der Waals surface area contributed by atoms with Gasteiger partial charge in [0.15, 0.2) is 0 Å². The monoisotopic (exact) mass is 229 g/mol. The second-order valence-corrected chi connectivity index (χ2v) is 3.07. The second kappa shape index (κ2) is 9.85. The molecule has 0 bridgehead atoms. The molecule has 88 valence electrons. The van der Waals surface area contributed by atoms with Gasteiger partial charge in [-0.2, -0.15) is 0 Å². The largest absolute Gasteiger partial charge is 0.388 e. The molecule has 0 radical (unpaired) electrons. The normalized spacial score (nSPS) is 8.00. The lowest BCUT2D eigenvalue weighted by Gasteiger charge is -2.06. The molecule has 0 spiro atoms. The zero-order valence-corrected chi connectivity index (χ0v) is 11.8. The summed E-state index contributed by atoms with van der Waals surface area (Å²) < 4.78 is 0. The van der Waals surface area contributed by atoms with E-state index in [2.05, 4.69) is 18.3 Å². The molecule has 0 aliphatic rings. The van der Waals surface area contributed by atoms with Gasteiger partial charge in [-0.3, -0.25) is 0 Å². The van der Waals surface area contributed by atoms with Crippen molar-refractivity contribution in [2.75, 3.05) is 12.4 Å². The Labute approximate surface area is 99.9 Å². The summed E-state index contributed by atoms with van der Waals surface area (Å²) in [6.07, 6.45) is 0. The van der Waals surface area contributed by atoms with Crippen molar-refractivity contribution in [3.63, 3.8) is 0 Å². The minimum atomic E-state index is 0.819. The van der Waals surface area contributed by atoms with Crippen LogP contribution in [0, 0.1) is 13.8 Å². The van der Waals surface area contributed by atoms with E-state index < -0.39 is 0 Å². The number of rotatable bonds is 1. The Balaban J connectivity index is 0. The van der Waals surface area contributed by atoms with E-state index >= 15 is 0 Å². The molecule has 1 aromatic rings. The molecule has 1 aromatic carbocycles. The Hall–Kier alpha value is -0.690. The fourth-order valence-electron chi connectivity index (χ4n) is 1.10.